The minimum absolute atomic E-state index is 0.107. The molecule has 0 aliphatic heterocycles. The summed E-state index contributed by atoms with van der Waals surface area (Å²) in [6.45, 7) is 0. The molecule has 0 aliphatic rings. The number of fused-ring (bicyclic) bond motifs is 2. The number of nitrogens with one attached hydrogen (secondary N) is 2. The van der Waals surface area contributed by atoms with Gasteiger partial charge in [0.15, 0.2) is 17.2 Å². The first kappa shape index (κ1) is 17.8. The van der Waals surface area contributed by atoms with Gasteiger partial charge in [-0.1, -0.05) is 0 Å². The number of H-pyrrole nitrogens is 2. The Morgan fingerprint density at radius 1 is 0.600 bits per heavy atom. The molecular formula is C23H18N2O5. The van der Waals surface area contributed by atoms with E-state index >= 15 is 0 Å². The second-order valence-electron chi connectivity index (χ2n) is 7.29. The molecule has 7 nitrogen and oxygen atoms in total. The van der Waals surface area contributed by atoms with E-state index in [9.17, 15) is 25.5 Å². The topological polar surface area (TPSA) is 133 Å². The molecular weight excluding hydrogens is 384 g/mol. The van der Waals surface area contributed by atoms with E-state index in [1.54, 1.807) is 48.8 Å². The fourth-order valence-electron chi connectivity index (χ4n) is 4.06. The maximum atomic E-state index is 10.1. The molecule has 0 saturated heterocycles. The van der Waals surface area contributed by atoms with Crippen LogP contribution in [0.3, 0.4) is 0 Å². The molecule has 2 heterocycles. The maximum Gasteiger partial charge on any atom is 0.200 e. The van der Waals surface area contributed by atoms with Gasteiger partial charge in [0.2, 0.25) is 0 Å². The lowest BCUT2D eigenvalue weighted by atomic mass is 9.84. The quantitative estimate of drug-likeness (QED) is 0.225. The molecule has 150 valence electrons. The average molecular weight is 402 g/mol. The van der Waals surface area contributed by atoms with Gasteiger partial charge in [0.05, 0.1) is 0 Å². The fraction of sp³-hybridized carbons (Fsp3) is 0.0435. The fourth-order valence-corrected chi connectivity index (χ4v) is 4.06. The molecule has 0 amide bonds. The van der Waals surface area contributed by atoms with Crippen molar-refractivity contribution in [2.24, 2.45) is 0 Å². The summed E-state index contributed by atoms with van der Waals surface area (Å²) in [7, 11) is 0. The van der Waals surface area contributed by atoms with Gasteiger partial charge in [-0.2, -0.15) is 0 Å². The zero-order valence-corrected chi connectivity index (χ0v) is 15.6. The van der Waals surface area contributed by atoms with Gasteiger partial charge in [0.1, 0.15) is 11.5 Å². The van der Waals surface area contributed by atoms with Crippen LogP contribution >= 0.6 is 0 Å². The van der Waals surface area contributed by atoms with Crippen LogP contribution < -0.4 is 0 Å². The van der Waals surface area contributed by atoms with Crippen molar-refractivity contribution < 1.29 is 25.5 Å². The van der Waals surface area contributed by atoms with Gasteiger partial charge in [-0.3, -0.25) is 0 Å². The van der Waals surface area contributed by atoms with Crippen LogP contribution in [0, 0.1) is 0 Å². The van der Waals surface area contributed by atoms with Crippen molar-refractivity contribution in [2.45, 2.75) is 5.92 Å². The molecule has 0 aliphatic carbocycles. The Balaban J connectivity index is 1.84. The molecule has 2 aromatic heterocycles. The molecule has 7 N–H and O–H groups in total. The standard InChI is InChI=1S/C23H18N2O5/c26-12-1-3-18-14(7-12)16(9-24-18)22(11-5-20(28)23(30)21(29)6-11)17-10-25-19-4-2-13(27)8-15(17)19/h1-10,22,24-30H. The van der Waals surface area contributed by atoms with Gasteiger partial charge in [-0.15, -0.1) is 0 Å². The predicted octanol–water partition coefficient (Wildman–Crippen LogP) is 4.36. The highest BCUT2D eigenvalue weighted by Crippen LogP contribution is 2.45. The van der Waals surface area contributed by atoms with Crippen molar-refractivity contribution >= 4 is 21.8 Å². The molecule has 7 heteroatoms. The van der Waals surface area contributed by atoms with Crippen molar-refractivity contribution in [1.82, 2.24) is 9.97 Å². The Labute approximate surface area is 170 Å². The number of hydrogen-bond donors (Lipinski definition) is 7. The summed E-state index contributed by atoms with van der Waals surface area (Å²) in [5.41, 5.74) is 3.71. The highest BCUT2D eigenvalue weighted by Gasteiger charge is 2.25. The highest BCUT2D eigenvalue weighted by molar-refractivity contribution is 5.90. The summed E-state index contributed by atoms with van der Waals surface area (Å²) < 4.78 is 0. The van der Waals surface area contributed by atoms with E-state index in [4.69, 9.17) is 0 Å². The molecule has 0 unspecified atom stereocenters. The van der Waals surface area contributed by atoms with Crippen molar-refractivity contribution in [3.05, 3.63) is 77.6 Å². The summed E-state index contributed by atoms with van der Waals surface area (Å²) in [6, 6.07) is 12.8. The number of rotatable bonds is 3. The molecule has 5 rings (SSSR count). The summed E-state index contributed by atoms with van der Waals surface area (Å²) in [5, 5.41) is 51.7. The molecule has 5 aromatic rings. The van der Waals surface area contributed by atoms with Gasteiger partial charge in [0.25, 0.3) is 0 Å². The van der Waals surface area contributed by atoms with Crippen LogP contribution in [0.15, 0.2) is 60.9 Å². The normalized spacial score (nSPS) is 11.6. The summed E-state index contributed by atoms with van der Waals surface area (Å²) in [5.74, 6) is -1.76. The third-order valence-electron chi connectivity index (χ3n) is 5.44. The first-order valence-corrected chi connectivity index (χ1v) is 9.27. The molecule has 0 radical (unpaired) electrons. The summed E-state index contributed by atoms with van der Waals surface area (Å²) in [6.07, 6.45) is 3.61. The van der Waals surface area contributed by atoms with Gasteiger partial charge in [-0.05, 0) is 65.2 Å². The third kappa shape index (κ3) is 2.68. The summed E-state index contributed by atoms with van der Waals surface area (Å²) in [4.78, 5) is 6.37. The number of benzene rings is 3. The van der Waals surface area contributed by atoms with Crippen LogP contribution in [0.25, 0.3) is 21.8 Å². The van der Waals surface area contributed by atoms with E-state index in [1.165, 1.54) is 12.1 Å². The Kier molecular flexibility index (Phi) is 3.79. The molecule has 0 bridgehead atoms. The van der Waals surface area contributed by atoms with E-state index in [-0.39, 0.29) is 11.5 Å². The first-order valence-electron chi connectivity index (χ1n) is 9.27. The van der Waals surface area contributed by atoms with E-state index in [1.807, 2.05) is 0 Å². The van der Waals surface area contributed by atoms with Crippen LogP contribution in [0.5, 0.6) is 28.7 Å². The molecule has 0 fully saturated rings. The lowest BCUT2D eigenvalue weighted by Crippen LogP contribution is -2.02. The number of phenols is 5. The van der Waals surface area contributed by atoms with E-state index in [0.717, 1.165) is 32.9 Å². The van der Waals surface area contributed by atoms with Gasteiger partial charge in [0, 0.05) is 40.1 Å². The van der Waals surface area contributed by atoms with Crippen LogP contribution in [-0.2, 0) is 0 Å². The van der Waals surface area contributed by atoms with E-state index in [0.29, 0.717) is 5.56 Å². The van der Waals surface area contributed by atoms with Gasteiger partial charge >= 0.3 is 0 Å². The summed E-state index contributed by atoms with van der Waals surface area (Å²) >= 11 is 0. The van der Waals surface area contributed by atoms with E-state index < -0.39 is 23.2 Å². The number of aromatic nitrogens is 2. The smallest absolute Gasteiger partial charge is 0.200 e. The zero-order chi connectivity index (χ0) is 21.0. The molecule has 30 heavy (non-hydrogen) atoms. The van der Waals surface area contributed by atoms with Crippen molar-refractivity contribution in [3.63, 3.8) is 0 Å². The van der Waals surface area contributed by atoms with Crippen molar-refractivity contribution in [1.29, 1.82) is 0 Å². The zero-order valence-electron chi connectivity index (χ0n) is 15.6. The number of aromatic hydroxyl groups is 5. The monoisotopic (exact) mass is 402 g/mol. The Hall–Kier alpha value is -4.26. The van der Waals surface area contributed by atoms with Crippen molar-refractivity contribution in [2.75, 3.05) is 0 Å². The largest absolute Gasteiger partial charge is 0.508 e. The molecule has 0 spiro atoms. The lowest BCUT2D eigenvalue weighted by molar-refractivity contribution is 0.367. The lowest BCUT2D eigenvalue weighted by Gasteiger charge is -2.18. The molecule has 0 atom stereocenters. The van der Waals surface area contributed by atoms with Crippen LogP contribution in [-0.4, -0.2) is 35.5 Å². The van der Waals surface area contributed by atoms with Crippen LogP contribution in [0.1, 0.15) is 22.6 Å². The number of hydrogen-bond acceptors (Lipinski definition) is 5. The average Bonchev–Trinajstić information content (AvgIpc) is 3.31. The highest BCUT2D eigenvalue weighted by atomic mass is 16.3. The van der Waals surface area contributed by atoms with Crippen LogP contribution in [0.2, 0.25) is 0 Å². The molecule has 0 saturated carbocycles. The second kappa shape index (κ2) is 6.38. The minimum atomic E-state index is -0.592. The molecule has 3 aromatic carbocycles. The SMILES string of the molecule is Oc1ccc2[nH]cc(C(c3cc(O)c(O)c(O)c3)c3c[nH]c4ccc(O)cc34)c2c1. The van der Waals surface area contributed by atoms with Gasteiger partial charge in [-0.25, -0.2) is 0 Å². The second-order valence-corrected chi connectivity index (χ2v) is 7.29. The van der Waals surface area contributed by atoms with Gasteiger partial charge < -0.3 is 35.5 Å². The van der Waals surface area contributed by atoms with Crippen LogP contribution in [0.4, 0.5) is 0 Å². The maximum absolute atomic E-state index is 10.1. The number of phenolic OH excluding ortho intramolecular Hbond substituents is 5. The Bertz CT molecular complexity index is 1310. The third-order valence-corrected chi connectivity index (χ3v) is 5.44. The van der Waals surface area contributed by atoms with Crippen molar-refractivity contribution in [3.8, 4) is 28.7 Å². The first-order chi connectivity index (χ1) is 14.4. The minimum Gasteiger partial charge on any atom is -0.508 e. The number of aromatic amines is 2. The van der Waals surface area contributed by atoms with E-state index in [2.05, 4.69) is 9.97 Å². The Morgan fingerprint density at radius 3 is 1.53 bits per heavy atom. The Morgan fingerprint density at radius 2 is 1.07 bits per heavy atom. The predicted molar refractivity (Wildman–Crippen MR) is 112 cm³/mol.